The first-order valence-corrected chi connectivity index (χ1v) is 9.44. The summed E-state index contributed by atoms with van der Waals surface area (Å²) in [5.41, 5.74) is 0.918. The Morgan fingerprint density at radius 1 is 1.13 bits per heavy atom. The Kier molecular flexibility index (Phi) is 6.56. The van der Waals surface area contributed by atoms with Crippen molar-refractivity contribution in [2.75, 3.05) is 26.2 Å². The molecule has 1 aromatic rings. The molecule has 0 atom stereocenters. The first kappa shape index (κ1) is 17.9. The number of aliphatic hydroxyl groups excluding tert-OH is 1. The van der Waals surface area contributed by atoms with E-state index in [0.717, 1.165) is 24.8 Å². The Morgan fingerprint density at radius 2 is 1.78 bits per heavy atom. The minimum Gasteiger partial charge on any atom is -0.395 e. The molecule has 0 spiro atoms. The van der Waals surface area contributed by atoms with Crippen molar-refractivity contribution < 1.29 is 18.3 Å². The van der Waals surface area contributed by atoms with Crippen LogP contribution in [0.4, 0.5) is 0 Å². The Hall–Kier alpha value is -1.44. The summed E-state index contributed by atoms with van der Waals surface area (Å²) in [6.07, 6.45) is 3.78. The molecule has 7 heteroatoms. The molecule has 1 saturated heterocycles. The third-order valence-corrected chi connectivity index (χ3v) is 5.86. The first-order chi connectivity index (χ1) is 11.0. The maximum Gasteiger partial charge on any atom is 0.243 e. The summed E-state index contributed by atoms with van der Waals surface area (Å²) in [4.78, 5) is 11.8. The second kappa shape index (κ2) is 8.42. The van der Waals surface area contributed by atoms with E-state index in [1.807, 2.05) is 0 Å². The molecule has 1 aliphatic heterocycles. The van der Waals surface area contributed by atoms with Gasteiger partial charge in [-0.15, -0.1) is 0 Å². The smallest absolute Gasteiger partial charge is 0.243 e. The molecule has 0 aliphatic carbocycles. The van der Waals surface area contributed by atoms with Crippen molar-refractivity contribution in [3.05, 3.63) is 29.8 Å². The molecule has 128 valence electrons. The van der Waals surface area contributed by atoms with Crippen LogP contribution in [0.3, 0.4) is 0 Å². The van der Waals surface area contributed by atoms with Gasteiger partial charge < -0.3 is 10.4 Å². The summed E-state index contributed by atoms with van der Waals surface area (Å²) in [6, 6.07) is 6.75. The molecule has 0 unspecified atom stereocenters. The van der Waals surface area contributed by atoms with Crippen LogP contribution in [0.2, 0.25) is 0 Å². The number of aryl methyl sites for hydroxylation is 1. The lowest BCUT2D eigenvalue weighted by atomic mass is 10.1. The molecule has 2 N–H and O–H groups in total. The monoisotopic (exact) mass is 340 g/mol. The van der Waals surface area contributed by atoms with Crippen LogP contribution in [0.25, 0.3) is 0 Å². The fourth-order valence-electron chi connectivity index (χ4n) is 2.62. The van der Waals surface area contributed by atoms with Crippen molar-refractivity contribution in [2.45, 2.75) is 37.0 Å². The lowest BCUT2D eigenvalue weighted by Crippen LogP contribution is -2.35. The SMILES string of the molecule is O=C(CCc1ccc(S(=O)(=O)N2CCCCC2)cc1)NCCO. The fourth-order valence-corrected chi connectivity index (χ4v) is 4.14. The summed E-state index contributed by atoms with van der Waals surface area (Å²) >= 11 is 0. The second-order valence-electron chi connectivity index (χ2n) is 5.68. The molecule has 1 heterocycles. The van der Waals surface area contributed by atoms with Gasteiger partial charge in [-0.05, 0) is 37.0 Å². The number of carbonyl (C=O) groups excluding carboxylic acids is 1. The minimum absolute atomic E-state index is 0.0746. The van der Waals surface area contributed by atoms with Gasteiger partial charge in [-0.2, -0.15) is 4.31 Å². The highest BCUT2D eigenvalue weighted by molar-refractivity contribution is 7.89. The van der Waals surface area contributed by atoms with Crippen LogP contribution in [-0.4, -0.2) is 50.0 Å². The molecule has 6 nitrogen and oxygen atoms in total. The van der Waals surface area contributed by atoms with Crippen molar-refractivity contribution in [3.8, 4) is 0 Å². The molecule has 1 fully saturated rings. The number of amides is 1. The number of carbonyl (C=O) groups is 1. The predicted molar refractivity (Wildman–Crippen MR) is 87.5 cm³/mol. The van der Waals surface area contributed by atoms with Gasteiger partial charge in [0, 0.05) is 26.1 Å². The zero-order valence-electron chi connectivity index (χ0n) is 13.2. The van der Waals surface area contributed by atoms with Gasteiger partial charge in [0.1, 0.15) is 0 Å². The van der Waals surface area contributed by atoms with E-state index in [2.05, 4.69) is 5.32 Å². The summed E-state index contributed by atoms with van der Waals surface area (Å²) < 4.78 is 26.6. The van der Waals surface area contributed by atoms with Crippen molar-refractivity contribution in [3.63, 3.8) is 0 Å². The van der Waals surface area contributed by atoms with E-state index in [9.17, 15) is 13.2 Å². The summed E-state index contributed by atoms with van der Waals surface area (Å²) in [7, 11) is -3.40. The Bertz CT molecular complexity index is 607. The van der Waals surface area contributed by atoms with Gasteiger partial charge in [-0.1, -0.05) is 18.6 Å². The number of piperidine rings is 1. The molecule has 0 aromatic heterocycles. The van der Waals surface area contributed by atoms with Crippen molar-refractivity contribution in [2.24, 2.45) is 0 Å². The fraction of sp³-hybridized carbons (Fsp3) is 0.562. The number of sulfonamides is 1. The van der Waals surface area contributed by atoms with Crippen LogP contribution in [0.15, 0.2) is 29.2 Å². The summed E-state index contributed by atoms with van der Waals surface area (Å²) in [5.74, 6) is -0.121. The van der Waals surface area contributed by atoms with Gasteiger partial charge >= 0.3 is 0 Å². The quantitative estimate of drug-likeness (QED) is 0.772. The third-order valence-electron chi connectivity index (χ3n) is 3.95. The van der Waals surface area contributed by atoms with Gasteiger partial charge in [0.25, 0.3) is 0 Å². The van der Waals surface area contributed by atoms with E-state index in [-0.39, 0.29) is 19.1 Å². The zero-order chi connectivity index (χ0) is 16.7. The number of rotatable bonds is 7. The van der Waals surface area contributed by atoms with Crippen molar-refractivity contribution >= 4 is 15.9 Å². The lowest BCUT2D eigenvalue weighted by Gasteiger charge is -2.25. The minimum atomic E-state index is -3.40. The van der Waals surface area contributed by atoms with Crippen LogP contribution < -0.4 is 5.32 Å². The van der Waals surface area contributed by atoms with E-state index in [4.69, 9.17) is 5.11 Å². The highest BCUT2D eigenvalue weighted by atomic mass is 32.2. The lowest BCUT2D eigenvalue weighted by molar-refractivity contribution is -0.121. The largest absolute Gasteiger partial charge is 0.395 e. The Balaban J connectivity index is 1.94. The van der Waals surface area contributed by atoms with Gasteiger partial charge in [0.2, 0.25) is 15.9 Å². The molecule has 1 amide bonds. The molecule has 23 heavy (non-hydrogen) atoms. The average molecular weight is 340 g/mol. The number of aliphatic hydroxyl groups is 1. The molecular weight excluding hydrogens is 316 g/mol. The van der Waals surface area contributed by atoms with Gasteiger partial charge in [0.15, 0.2) is 0 Å². The van der Waals surface area contributed by atoms with E-state index in [0.29, 0.717) is 30.8 Å². The average Bonchev–Trinajstić information content (AvgIpc) is 2.59. The van der Waals surface area contributed by atoms with Crippen molar-refractivity contribution in [1.29, 1.82) is 0 Å². The highest BCUT2D eigenvalue weighted by Crippen LogP contribution is 2.21. The van der Waals surface area contributed by atoms with E-state index in [1.54, 1.807) is 28.6 Å². The summed E-state index contributed by atoms with van der Waals surface area (Å²) in [5, 5.41) is 11.2. The van der Waals surface area contributed by atoms with E-state index in [1.165, 1.54) is 0 Å². The number of benzene rings is 1. The molecule has 0 saturated carbocycles. The first-order valence-electron chi connectivity index (χ1n) is 8.00. The Morgan fingerprint density at radius 3 is 2.39 bits per heavy atom. The van der Waals surface area contributed by atoms with Crippen LogP contribution in [0, 0.1) is 0 Å². The zero-order valence-corrected chi connectivity index (χ0v) is 14.0. The maximum atomic E-state index is 12.5. The Labute approximate surface area is 137 Å². The molecule has 1 aliphatic rings. The van der Waals surface area contributed by atoms with Gasteiger partial charge in [-0.25, -0.2) is 8.42 Å². The third kappa shape index (κ3) is 5.02. The summed E-state index contributed by atoms with van der Waals surface area (Å²) in [6.45, 7) is 1.37. The van der Waals surface area contributed by atoms with E-state index >= 15 is 0 Å². The van der Waals surface area contributed by atoms with Crippen LogP contribution in [-0.2, 0) is 21.2 Å². The van der Waals surface area contributed by atoms with Gasteiger partial charge in [-0.3, -0.25) is 4.79 Å². The number of hydrogen-bond acceptors (Lipinski definition) is 4. The maximum absolute atomic E-state index is 12.5. The number of hydrogen-bond donors (Lipinski definition) is 2. The van der Waals surface area contributed by atoms with Crippen LogP contribution in [0.5, 0.6) is 0 Å². The molecule has 1 aromatic carbocycles. The molecular formula is C16H24N2O4S. The van der Waals surface area contributed by atoms with Crippen LogP contribution in [0.1, 0.15) is 31.2 Å². The highest BCUT2D eigenvalue weighted by Gasteiger charge is 2.25. The topological polar surface area (TPSA) is 86.7 Å². The van der Waals surface area contributed by atoms with Gasteiger partial charge in [0.05, 0.1) is 11.5 Å². The van der Waals surface area contributed by atoms with Crippen molar-refractivity contribution in [1.82, 2.24) is 9.62 Å². The molecule has 0 bridgehead atoms. The van der Waals surface area contributed by atoms with E-state index < -0.39 is 10.0 Å². The predicted octanol–water partition coefficient (Wildman–Crippen LogP) is 0.902. The standard InChI is InChI=1S/C16H24N2O4S/c19-13-10-17-16(20)9-6-14-4-7-15(8-5-14)23(21,22)18-11-2-1-3-12-18/h4-5,7-8,19H,1-3,6,9-13H2,(H,17,20). The number of nitrogens with one attached hydrogen (secondary N) is 1. The number of nitrogens with zero attached hydrogens (tertiary/aromatic N) is 1. The second-order valence-corrected chi connectivity index (χ2v) is 7.62. The molecule has 0 radical (unpaired) electrons. The normalized spacial score (nSPS) is 16.2. The molecule has 2 rings (SSSR count). The van der Waals surface area contributed by atoms with Crippen LogP contribution >= 0.6 is 0 Å².